The van der Waals surface area contributed by atoms with E-state index in [4.69, 9.17) is 0 Å². The molecule has 8 atom stereocenters. The number of hydrogen-bond donors (Lipinski definition) is 0. The molecular formula is C68H96Cl2P4Ti2-2. The number of hydrogen-bond acceptors (Lipinski definition) is 0. The predicted octanol–water partition coefficient (Wildman–Crippen LogP) is 15.1. The molecule has 0 spiro atoms. The van der Waals surface area contributed by atoms with Gasteiger partial charge in [-0.2, -0.15) is 24.3 Å². The van der Waals surface area contributed by atoms with Gasteiger partial charge in [0.15, 0.2) is 0 Å². The average molecular weight is 1200 g/mol. The van der Waals surface area contributed by atoms with E-state index in [1.165, 1.54) is 94.5 Å². The molecule has 8 rings (SSSR count). The van der Waals surface area contributed by atoms with E-state index < -0.39 is 0 Å². The van der Waals surface area contributed by atoms with Crippen LogP contribution in [0.5, 0.6) is 0 Å². The van der Waals surface area contributed by atoms with Crippen LogP contribution >= 0.6 is 31.7 Å². The van der Waals surface area contributed by atoms with Gasteiger partial charge in [0.05, 0.1) is 0 Å². The van der Waals surface area contributed by atoms with Gasteiger partial charge in [0.25, 0.3) is 0 Å². The van der Waals surface area contributed by atoms with Crippen molar-refractivity contribution in [1.29, 1.82) is 0 Å². The van der Waals surface area contributed by atoms with E-state index in [1.807, 2.05) is 0 Å². The van der Waals surface area contributed by atoms with Gasteiger partial charge in [-0.05, 0) is 96.6 Å². The number of fused-ring (bicyclic) bond motifs is 4. The smallest absolute Gasteiger partial charge is 1.00 e. The van der Waals surface area contributed by atoms with Crippen molar-refractivity contribution < 1.29 is 68.2 Å². The van der Waals surface area contributed by atoms with Crippen molar-refractivity contribution in [3.63, 3.8) is 0 Å². The minimum absolute atomic E-state index is 0. The molecular weight excluding hydrogens is 1110 g/mol. The normalized spacial score (nSPS) is 15.8. The van der Waals surface area contributed by atoms with Gasteiger partial charge in [-0.3, -0.25) is 0 Å². The van der Waals surface area contributed by atoms with Gasteiger partial charge in [0, 0.05) is 0 Å². The van der Waals surface area contributed by atoms with Crippen molar-refractivity contribution >= 4 is 96.0 Å². The minimum Gasteiger partial charge on any atom is -1.00 e. The Morgan fingerprint density at radius 1 is 0.276 bits per heavy atom. The first kappa shape index (κ1) is 73.1. The molecule has 0 nitrogen and oxygen atoms in total. The zero-order chi connectivity index (χ0) is 52.5. The fraction of sp³-hybridized carbons (Fsp3) is 0.471. The molecule has 412 valence electrons. The van der Waals surface area contributed by atoms with Crippen LogP contribution in [0.2, 0.25) is 0 Å². The zero-order valence-corrected chi connectivity index (χ0v) is 57.9. The summed E-state index contributed by atoms with van der Waals surface area (Å²) < 4.78 is 0. The Labute approximate surface area is 512 Å². The maximum absolute atomic E-state index is 2.43. The number of halogens is 2. The van der Waals surface area contributed by atoms with Gasteiger partial charge in [-0.1, -0.05) is 167 Å². The Morgan fingerprint density at radius 3 is 0.553 bits per heavy atom. The summed E-state index contributed by atoms with van der Waals surface area (Å²) in [6.07, 6.45) is 10.3. The molecule has 0 radical (unpaired) electrons. The van der Waals surface area contributed by atoms with Crippen LogP contribution < -0.4 is 46.0 Å². The molecule has 8 aromatic carbocycles. The van der Waals surface area contributed by atoms with Crippen molar-refractivity contribution in [2.45, 2.75) is 207 Å². The molecule has 0 amide bonds. The van der Waals surface area contributed by atoms with E-state index >= 15 is 0 Å². The van der Waals surface area contributed by atoms with Crippen LogP contribution in [0.15, 0.2) is 146 Å². The van der Waals surface area contributed by atoms with Crippen LogP contribution in [0.1, 0.15) is 162 Å². The summed E-state index contributed by atoms with van der Waals surface area (Å²) in [5.74, 6) is 0. The second-order valence-corrected chi connectivity index (χ2v) is 33.4. The molecule has 0 aliphatic rings. The van der Waals surface area contributed by atoms with E-state index in [9.17, 15) is 0 Å². The van der Waals surface area contributed by atoms with Crippen LogP contribution in [0, 0.1) is 0 Å². The molecule has 0 heterocycles. The van der Waals surface area contributed by atoms with E-state index in [0.717, 1.165) is 45.3 Å². The van der Waals surface area contributed by atoms with Crippen molar-refractivity contribution in [1.82, 2.24) is 0 Å². The van der Waals surface area contributed by atoms with E-state index in [0.29, 0.717) is 0 Å². The van der Waals surface area contributed by atoms with E-state index in [2.05, 4.69) is 256 Å². The first-order chi connectivity index (χ1) is 34.7. The van der Waals surface area contributed by atoms with Gasteiger partial charge in [0.2, 0.25) is 0 Å². The third-order valence-corrected chi connectivity index (χ3v) is 30.1. The van der Waals surface area contributed by atoms with Crippen molar-refractivity contribution in [3.8, 4) is 0 Å². The van der Waals surface area contributed by atoms with Gasteiger partial charge < -0.3 is 24.8 Å². The largest absolute Gasteiger partial charge is 2.00 e. The fourth-order valence-electron chi connectivity index (χ4n) is 10.5. The Hall–Kier alpha value is -0.951. The van der Waals surface area contributed by atoms with E-state index in [1.54, 1.807) is 21.2 Å². The second-order valence-electron chi connectivity index (χ2n) is 21.1. The maximum atomic E-state index is 2.43. The molecule has 8 aromatic rings. The van der Waals surface area contributed by atoms with Gasteiger partial charge >= 0.3 is 43.4 Å². The van der Waals surface area contributed by atoms with Gasteiger partial charge in [-0.15, -0.1) is 161 Å². The van der Waals surface area contributed by atoms with Crippen LogP contribution in [0.25, 0.3) is 43.1 Å². The summed E-state index contributed by atoms with van der Waals surface area (Å²) in [6.45, 7) is 38.0. The number of benzene rings is 4. The molecule has 0 aliphatic heterocycles. The molecule has 0 fully saturated rings. The quantitative estimate of drug-likeness (QED) is 0.0405. The third-order valence-electron chi connectivity index (χ3n) is 16.1. The Kier molecular flexibility index (Phi) is 35.8. The summed E-state index contributed by atoms with van der Waals surface area (Å²) >= 11 is 0. The first-order valence-electron chi connectivity index (χ1n) is 28.4. The van der Waals surface area contributed by atoms with Crippen LogP contribution in [0.3, 0.4) is 0 Å². The molecule has 0 N–H and O–H groups in total. The minimum atomic E-state index is -0.0252. The zero-order valence-electron chi connectivity index (χ0n) is 49.7. The van der Waals surface area contributed by atoms with Gasteiger partial charge in [0.1, 0.15) is 0 Å². The van der Waals surface area contributed by atoms with Crippen molar-refractivity contribution in [2.75, 3.05) is 0 Å². The molecule has 0 bridgehead atoms. The molecule has 0 saturated carbocycles. The Bertz CT molecular complexity index is 2220. The topological polar surface area (TPSA) is 0 Å². The fourth-order valence-corrected chi connectivity index (χ4v) is 23.5. The SMILES string of the molecule is CCC(C)P(c1cc2ccccc2[cH-]1)C(C)CC.CCC(C)P(c1cc2ccccc2[cH-]1)C(C)CC.CCC(C)P(c1cc2ccccc2[cH-]1)C(C)CC.CCC(C)P(c1cc2ccccc2[cH-]1)C(C)CC.[Cl-].[Cl-].[Ti+2].[Ti+2]. The Morgan fingerprint density at radius 2 is 0.421 bits per heavy atom. The molecule has 0 saturated heterocycles. The monoisotopic (exact) mass is 1200 g/mol. The number of rotatable bonds is 20. The summed E-state index contributed by atoms with van der Waals surface area (Å²) in [5.41, 5.74) is 6.61. The first-order valence-corrected chi connectivity index (χ1v) is 34.3. The van der Waals surface area contributed by atoms with Crippen molar-refractivity contribution in [3.05, 3.63) is 146 Å². The van der Waals surface area contributed by atoms with Crippen LogP contribution in [-0.2, 0) is 43.4 Å². The average Bonchev–Trinajstić information content (AvgIpc) is 4.23. The van der Waals surface area contributed by atoms with E-state index in [-0.39, 0.29) is 99.9 Å². The molecule has 76 heavy (non-hydrogen) atoms. The predicted molar refractivity (Wildman–Crippen MR) is 342 cm³/mol. The molecule has 8 unspecified atom stereocenters. The second kappa shape index (κ2) is 37.2. The standard InChI is InChI=1S/4C17H24P.2ClH.2Ti/c4*1-5-13(3)18(14(4)6-2)17-11-15-9-7-8-10-16(15)12-17;;;;/h4*7-14H,5-6H2,1-4H3;2*1H;;/q4*-1;;;2*+2/p-2. The van der Waals surface area contributed by atoms with Crippen molar-refractivity contribution in [2.24, 2.45) is 0 Å². The summed E-state index contributed by atoms with van der Waals surface area (Å²) in [4.78, 5) is 0. The summed E-state index contributed by atoms with van der Waals surface area (Å²) in [6, 6.07) is 54.4. The maximum Gasteiger partial charge on any atom is 2.00 e. The summed E-state index contributed by atoms with van der Waals surface area (Å²) in [5, 5.41) is 17.7. The molecule has 0 aliphatic carbocycles. The van der Waals surface area contributed by atoms with Crippen LogP contribution in [-0.4, -0.2) is 45.3 Å². The molecule has 8 heteroatoms. The van der Waals surface area contributed by atoms with Crippen LogP contribution in [0.4, 0.5) is 0 Å². The van der Waals surface area contributed by atoms with Gasteiger partial charge in [-0.25, -0.2) is 0 Å². The Balaban J connectivity index is 0.000000498. The molecule has 0 aromatic heterocycles. The summed E-state index contributed by atoms with van der Waals surface area (Å²) in [7, 11) is -0.101. The third kappa shape index (κ3) is 19.6.